The lowest BCUT2D eigenvalue weighted by Gasteiger charge is -2.35. The van der Waals surface area contributed by atoms with Gasteiger partial charge in [0, 0.05) is 26.2 Å². The van der Waals surface area contributed by atoms with Gasteiger partial charge >= 0.3 is 6.01 Å². The Bertz CT molecular complexity index is 654. The third kappa shape index (κ3) is 2.85. The van der Waals surface area contributed by atoms with Crippen LogP contribution >= 0.6 is 11.6 Å². The van der Waals surface area contributed by atoms with Crippen LogP contribution in [0.25, 0.3) is 0 Å². The van der Waals surface area contributed by atoms with Crippen molar-refractivity contribution < 1.29 is 13.9 Å². The highest BCUT2D eigenvalue weighted by atomic mass is 35.5. The Morgan fingerprint density at radius 3 is 2.77 bits per heavy atom. The summed E-state index contributed by atoms with van der Waals surface area (Å²) in [6.45, 7) is 2.41. The van der Waals surface area contributed by atoms with Crippen molar-refractivity contribution in [1.29, 1.82) is 0 Å². The van der Waals surface area contributed by atoms with Gasteiger partial charge in [-0.25, -0.2) is 4.98 Å². The molecule has 1 saturated heterocycles. The lowest BCUT2D eigenvalue weighted by Crippen LogP contribution is -2.49. The van der Waals surface area contributed by atoms with Crippen LogP contribution in [0.3, 0.4) is 0 Å². The highest BCUT2D eigenvalue weighted by Gasteiger charge is 2.25. The molecule has 0 radical (unpaired) electrons. The van der Waals surface area contributed by atoms with E-state index in [4.69, 9.17) is 20.8 Å². The van der Waals surface area contributed by atoms with E-state index in [0.29, 0.717) is 42.8 Å². The van der Waals surface area contributed by atoms with Gasteiger partial charge in [-0.2, -0.15) is 4.98 Å². The summed E-state index contributed by atoms with van der Waals surface area (Å²) in [6, 6.07) is 3.64. The number of carbonyl (C=O) groups is 1. The Morgan fingerprint density at radius 2 is 2.14 bits per heavy atom. The normalized spacial score (nSPS) is 15.0. The molecule has 0 bridgehead atoms. The second kappa shape index (κ2) is 6.23. The number of rotatable bonds is 3. The zero-order valence-corrected chi connectivity index (χ0v) is 12.8. The maximum atomic E-state index is 12.2. The van der Waals surface area contributed by atoms with Gasteiger partial charge in [0.15, 0.2) is 11.6 Å². The first-order valence-electron chi connectivity index (χ1n) is 6.83. The van der Waals surface area contributed by atoms with E-state index < -0.39 is 0 Å². The maximum Gasteiger partial charge on any atom is 0.318 e. The van der Waals surface area contributed by atoms with Crippen molar-refractivity contribution in [3.8, 4) is 6.01 Å². The minimum absolute atomic E-state index is 0.101. The molecule has 7 nitrogen and oxygen atoms in total. The molecule has 0 spiro atoms. The molecule has 0 aromatic carbocycles. The van der Waals surface area contributed by atoms with Gasteiger partial charge in [0.25, 0.3) is 5.91 Å². The van der Waals surface area contributed by atoms with Crippen LogP contribution < -0.4 is 9.64 Å². The Balaban J connectivity index is 1.68. The van der Waals surface area contributed by atoms with Crippen molar-refractivity contribution in [2.75, 3.05) is 38.2 Å². The molecule has 1 fully saturated rings. The van der Waals surface area contributed by atoms with Gasteiger partial charge < -0.3 is 19.0 Å². The molecule has 0 atom stereocenters. The molecule has 0 unspecified atom stereocenters. The number of nitrogens with zero attached hydrogens (tertiary/aromatic N) is 4. The van der Waals surface area contributed by atoms with Crippen molar-refractivity contribution in [3.63, 3.8) is 0 Å². The SMILES string of the molecule is COc1ncc(Cl)c(N2CCN(C(=O)c3ccco3)CC2)n1. The van der Waals surface area contributed by atoms with Crippen LogP contribution in [0.5, 0.6) is 6.01 Å². The molecule has 3 rings (SSSR count). The number of anilines is 1. The molecule has 2 aromatic heterocycles. The summed E-state index contributed by atoms with van der Waals surface area (Å²) >= 11 is 6.15. The average molecular weight is 323 g/mol. The van der Waals surface area contributed by atoms with Crippen LogP contribution in [0.2, 0.25) is 5.02 Å². The number of piperazine rings is 1. The average Bonchev–Trinajstić information content (AvgIpc) is 3.09. The summed E-state index contributed by atoms with van der Waals surface area (Å²) in [5.41, 5.74) is 0. The Hall–Kier alpha value is -2.28. The molecule has 0 saturated carbocycles. The summed E-state index contributed by atoms with van der Waals surface area (Å²) in [5, 5.41) is 0.464. The van der Waals surface area contributed by atoms with Gasteiger partial charge in [0.05, 0.1) is 19.6 Å². The quantitative estimate of drug-likeness (QED) is 0.856. The Kier molecular flexibility index (Phi) is 4.15. The fourth-order valence-electron chi connectivity index (χ4n) is 2.34. The maximum absolute atomic E-state index is 12.2. The number of amides is 1. The molecule has 8 heteroatoms. The number of hydrogen-bond donors (Lipinski definition) is 0. The highest BCUT2D eigenvalue weighted by molar-refractivity contribution is 6.32. The zero-order valence-electron chi connectivity index (χ0n) is 12.0. The summed E-state index contributed by atoms with van der Waals surface area (Å²) < 4.78 is 10.2. The van der Waals surface area contributed by atoms with Crippen LogP contribution in [0, 0.1) is 0 Å². The van der Waals surface area contributed by atoms with E-state index in [0.717, 1.165) is 0 Å². The van der Waals surface area contributed by atoms with Crippen molar-refractivity contribution in [1.82, 2.24) is 14.9 Å². The molecule has 0 aliphatic carbocycles. The van der Waals surface area contributed by atoms with E-state index in [2.05, 4.69) is 9.97 Å². The highest BCUT2D eigenvalue weighted by Crippen LogP contribution is 2.25. The molecule has 1 aliphatic rings. The van der Waals surface area contributed by atoms with Crippen LogP contribution in [0.1, 0.15) is 10.6 Å². The van der Waals surface area contributed by atoms with Gasteiger partial charge in [0.2, 0.25) is 0 Å². The van der Waals surface area contributed by atoms with Crippen LogP contribution in [-0.2, 0) is 0 Å². The van der Waals surface area contributed by atoms with Crippen molar-refractivity contribution >= 4 is 23.3 Å². The van der Waals surface area contributed by atoms with E-state index in [1.807, 2.05) is 4.90 Å². The number of aromatic nitrogens is 2. The molecular formula is C14H15ClN4O3. The van der Waals surface area contributed by atoms with Crippen LogP contribution in [-0.4, -0.2) is 54.1 Å². The third-order valence-corrected chi connectivity index (χ3v) is 3.75. The van der Waals surface area contributed by atoms with Gasteiger partial charge in [0.1, 0.15) is 5.02 Å². The Labute approximate surface area is 132 Å². The van der Waals surface area contributed by atoms with E-state index in [1.54, 1.807) is 17.0 Å². The molecule has 1 amide bonds. The first-order chi connectivity index (χ1) is 10.7. The molecule has 1 aliphatic heterocycles. The zero-order chi connectivity index (χ0) is 15.5. The second-order valence-electron chi connectivity index (χ2n) is 4.78. The van der Waals surface area contributed by atoms with Crippen molar-refractivity contribution in [2.24, 2.45) is 0 Å². The van der Waals surface area contributed by atoms with E-state index in [9.17, 15) is 4.79 Å². The van der Waals surface area contributed by atoms with Gasteiger partial charge in [-0.3, -0.25) is 4.79 Å². The Morgan fingerprint density at radius 1 is 1.36 bits per heavy atom. The fourth-order valence-corrected chi connectivity index (χ4v) is 2.55. The molecular weight excluding hydrogens is 308 g/mol. The lowest BCUT2D eigenvalue weighted by atomic mass is 10.3. The minimum atomic E-state index is -0.101. The topological polar surface area (TPSA) is 71.7 Å². The largest absolute Gasteiger partial charge is 0.467 e. The van der Waals surface area contributed by atoms with Gasteiger partial charge in [-0.05, 0) is 12.1 Å². The number of carbonyl (C=O) groups excluding carboxylic acids is 1. The number of halogens is 1. The fraction of sp³-hybridized carbons (Fsp3) is 0.357. The third-order valence-electron chi connectivity index (χ3n) is 3.48. The molecule has 3 heterocycles. The number of ether oxygens (including phenoxy) is 1. The first-order valence-corrected chi connectivity index (χ1v) is 7.21. The van der Waals surface area contributed by atoms with Gasteiger partial charge in [-0.1, -0.05) is 11.6 Å². The molecule has 2 aromatic rings. The molecule has 116 valence electrons. The van der Waals surface area contributed by atoms with Gasteiger partial charge in [-0.15, -0.1) is 0 Å². The van der Waals surface area contributed by atoms with E-state index in [-0.39, 0.29) is 11.9 Å². The summed E-state index contributed by atoms with van der Waals surface area (Å²) in [5.74, 6) is 0.879. The van der Waals surface area contributed by atoms with Crippen LogP contribution in [0.4, 0.5) is 5.82 Å². The van der Waals surface area contributed by atoms with E-state index in [1.165, 1.54) is 19.6 Å². The molecule has 0 N–H and O–H groups in total. The van der Waals surface area contributed by atoms with Crippen molar-refractivity contribution in [3.05, 3.63) is 35.4 Å². The molecule has 22 heavy (non-hydrogen) atoms. The smallest absolute Gasteiger partial charge is 0.318 e. The number of furan rings is 1. The minimum Gasteiger partial charge on any atom is -0.467 e. The van der Waals surface area contributed by atoms with E-state index >= 15 is 0 Å². The predicted octanol–water partition coefficient (Wildman–Crippen LogP) is 1.69. The summed E-state index contributed by atoms with van der Waals surface area (Å²) in [7, 11) is 1.51. The first kappa shape index (κ1) is 14.6. The number of methoxy groups -OCH3 is 1. The monoisotopic (exact) mass is 322 g/mol. The number of hydrogen-bond acceptors (Lipinski definition) is 6. The lowest BCUT2D eigenvalue weighted by molar-refractivity contribution is 0.0714. The van der Waals surface area contributed by atoms with Crippen LogP contribution in [0.15, 0.2) is 29.0 Å². The summed E-state index contributed by atoms with van der Waals surface area (Å²) in [6.07, 6.45) is 3.01. The summed E-state index contributed by atoms with van der Waals surface area (Å²) in [4.78, 5) is 24.2. The predicted molar refractivity (Wildman–Crippen MR) is 80.4 cm³/mol. The second-order valence-corrected chi connectivity index (χ2v) is 5.19. The van der Waals surface area contributed by atoms with Crippen molar-refractivity contribution in [2.45, 2.75) is 0 Å². The standard InChI is InChI=1S/C14H15ClN4O3/c1-21-14-16-9-10(15)12(17-14)18-4-6-19(7-5-18)13(20)11-3-2-8-22-11/h2-3,8-9H,4-7H2,1H3.